The van der Waals surface area contributed by atoms with E-state index in [1.807, 2.05) is 0 Å². The van der Waals surface area contributed by atoms with Crippen LogP contribution in [-0.4, -0.2) is 19.8 Å². The third-order valence-corrected chi connectivity index (χ3v) is 3.85. The molecule has 0 saturated heterocycles. The largest absolute Gasteiger partial charge is 0.299 e. The van der Waals surface area contributed by atoms with E-state index in [0.29, 0.717) is 4.47 Å². The van der Waals surface area contributed by atoms with Crippen LogP contribution in [0.1, 0.15) is 5.56 Å². The zero-order chi connectivity index (χ0) is 11.6. The Bertz CT molecular complexity index is 466. The SMILES string of the molecule is CN(Cc1ccc(Br)cc1F)S(=O)(=O)Cl. The van der Waals surface area contributed by atoms with Gasteiger partial charge in [0, 0.05) is 34.3 Å². The van der Waals surface area contributed by atoms with Gasteiger partial charge in [-0.1, -0.05) is 22.0 Å². The quantitative estimate of drug-likeness (QED) is 0.804. The molecule has 0 aliphatic heterocycles. The Balaban J connectivity index is 2.91. The fourth-order valence-electron chi connectivity index (χ4n) is 0.967. The van der Waals surface area contributed by atoms with Gasteiger partial charge >= 0.3 is 0 Å². The van der Waals surface area contributed by atoms with E-state index in [1.54, 1.807) is 6.07 Å². The molecule has 0 amide bonds. The maximum atomic E-state index is 13.3. The van der Waals surface area contributed by atoms with Crippen LogP contribution in [0.4, 0.5) is 4.39 Å². The molecule has 0 spiro atoms. The van der Waals surface area contributed by atoms with Crippen LogP contribution in [0.25, 0.3) is 0 Å². The highest BCUT2D eigenvalue weighted by Gasteiger charge is 2.15. The van der Waals surface area contributed by atoms with Crippen LogP contribution in [0.5, 0.6) is 0 Å². The first-order chi connectivity index (χ1) is 6.80. The molecule has 3 nitrogen and oxygen atoms in total. The molecule has 1 aromatic rings. The summed E-state index contributed by atoms with van der Waals surface area (Å²) in [5, 5.41) is 0. The summed E-state index contributed by atoms with van der Waals surface area (Å²) in [4.78, 5) is 0. The molecule has 0 aromatic heterocycles. The summed E-state index contributed by atoms with van der Waals surface area (Å²) in [5.74, 6) is -0.475. The Labute approximate surface area is 101 Å². The van der Waals surface area contributed by atoms with Gasteiger partial charge in [-0.05, 0) is 12.1 Å². The summed E-state index contributed by atoms with van der Waals surface area (Å²) in [6, 6.07) is 4.40. The van der Waals surface area contributed by atoms with Gasteiger partial charge in [-0.25, -0.2) is 4.39 Å². The lowest BCUT2D eigenvalue weighted by molar-refractivity contribution is 0.468. The molecule has 0 heterocycles. The van der Waals surface area contributed by atoms with Gasteiger partial charge in [-0.2, -0.15) is 12.7 Å². The van der Waals surface area contributed by atoms with Gasteiger partial charge in [0.25, 0.3) is 9.24 Å². The van der Waals surface area contributed by atoms with E-state index < -0.39 is 15.1 Å². The van der Waals surface area contributed by atoms with Crippen molar-refractivity contribution in [1.82, 2.24) is 4.31 Å². The number of hydrogen-bond acceptors (Lipinski definition) is 2. The first-order valence-corrected chi connectivity index (χ1v) is 6.96. The maximum absolute atomic E-state index is 13.3. The first-order valence-electron chi connectivity index (χ1n) is 3.90. The van der Waals surface area contributed by atoms with Crippen LogP contribution >= 0.6 is 26.6 Å². The summed E-state index contributed by atoms with van der Waals surface area (Å²) < 4.78 is 36.5. The first kappa shape index (κ1) is 12.9. The molecular formula is C8H8BrClFNO2S. The van der Waals surface area contributed by atoms with Crippen molar-refractivity contribution >= 4 is 35.8 Å². The van der Waals surface area contributed by atoms with E-state index >= 15 is 0 Å². The minimum Gasteiger partial charge on any atom is -0.207 e. The standard InChI is InChI=1S/C8H8BrClFNO2S/c1-12(15(10,13)14)5-6-2-3-7(9)4-8(6)11/h2-4H,5H2,1H3. The second-order valence-electron chi connectivity index (χ2n) is 2.93. The minimum atomic E-state index is -3.80. The Morgan fingerprint density at radius 3 is 2.60 bits per heavy atom. The van der Waals surface area contributed by atoms with Crippen LogP contribution in [0.2, 0.25) is 0 Å². The van der Waals surface area contributed by atoms with Crippen molar-refractivity contribution in [3.63, 3.8) is 0 Å². The topological polar surface area (TPSA) is 37.4 Å². The van der Waals surface area contributed by atoms with Crippen LogP contribution in [0.3, 0.4) is 0 Å². The van der Waals surface area contributed by atoms with Gasteiger partial charge in [0.1, 0.15) is 5.82 Å². The molecule has 1 aromatic carbocycles. The molecule has 0 atom stereocenters. The number of nitrogens with zero attached hydrogens (tertiary/aromatic N) is 1. The predicted octanol–water partition coefficient (Wildman–Crippen LogP) is 2.50. The third kappa shape index (κ3) is 3.71. The summed E-state index contributed by atoms with van der Waals surface area (Å²) >= 11 is 3.10. The van der Waals surface area contributed by atoms with E-state index in [-0.39, 0.29) is 12.1 Å². The van der Waals surface area contributed by atoms with Crippen molar-refractivity contribution in [3.8, 4) is 0 Å². The molecule has 0 radical (unpaired) electrons. The Morgan fingerprint density at radius 2 is 2.13 bits per heavy atom. The third-order valence-electron chi connectivity index (χ3n) is 1.78. The highest BCUT2D eigenvalue weighted by Crippen LogP contribution is 2.18. The molecule has 15 heavy (non-hydrogen) atoms. The van der Waals surface area contributed by atoms with Crippen molar-refractivity contribution in [3.05, 3.63) is 34.1 Å². The average Bonchev–Trinajstić information content (AvgIpc) is 2.08. The van der Waals surface area contributed by atoms with Gasteiger partial charge in [0.05, 0.1) is 0 Å². The van der Waals surface area contributed by atoms with E-state index in [2.05, 4.69) is 15.9 Å². The molecule has 7 heteroatoms. The van der Waals surface area contributed by atoms with Gasteiger partial charge in [0.15, 0.2) is 0 Å². The fourth-order valence-corrected chi connectivity index (χ4v) is 1.74. The van der Waals surface area contributed by atoms with E-state index in [9.17, 15) is 12.8 Å². The number of rotatable bonds is 3. The molecule has 0 aliphatic carbocycles. The van der Waals surface area contributed by atoms with Crippen molar-refractivity contribution in [1.29, 1.82) is 0 Å². The predicted molar refractivity (Wildman–Crippen MR) is 60.3 cm³/mol. The van der Waals surface area contributed by atoms with Gasteiger partial charge in [0.2, 0.25) is 0 Å². The monoisotopic (exact) mass is 315 g/mol. The van der Waals surface area contributed by atoms with Gasteiger partial charge in [-0.3, -0.25) is 0 Å². The highest BCUT2D eigenvalue weighted by molar-refractivity contribution is 9.10. The molecule has 0 bridgehead atoms. The molecular weight excluding hydrogens is 309 g/mol. The van der Waals surface area contributed by atoms with Gasteiger partial charge in [-0.15, -0.1) is 0 Å². The summed E-state index contributed by atoms with van der Waals surface area (Å²) in [6.45, 7) is -0.0923. The van der Waals surface area contributed by atoms with Crippen LogP contribution in [0, 0.1) is 5.82 Å². The molecule has 0 N–H and O–H groups in total. The Morgan fingerprint density at radius 1 is 1.53 bits per heavy atom. The summed E-state index contributed by atoms with van der Waals surface area (Å²) in [6.07, 6.45) is 0. The smallest absolute Gasteiger partial charge is 0.207 e. The van der Waals surface area contributed by atoms with E-state index in [1.165, 1.54) is 19.2 Å². The second kappa shape index (κ2) is 4.78. The van der Waals surface area contributed by atoms with E-state index in [0.717, 1.165) is 4.31 Å². The zero-order valence-electron chi connectivity index (χ0n) is 7.75. The minimum absolute atomic E-state index is 0.0923. The lowest BCUT2D eigenvalue weighted by atomic mass is 10.2. The summed E-state index contributed by atoms with van der Waals surface area (Å²) in [7, 11) is 2.56. The summed E-state index contributed by atoms with van der Waals surface area (Å²) in [5.41, 5.74) is 0.268. The second-order valence-corrected chi connectivity index (χ2v) is 6.47. The van der Waals surface area contributed by atoms with Gasteiger partial charge < -0.3 is 0 Å². The molecule has 0 aliphatic rings. The van der Waals surface area contributed by atoms with Crippen molar-refractivity contribution in [2.24, 2.45) is 0 Å². The van der Waals surface area contributed by atoms with Crippen LogP contribution < -0.4 is 0 Å². The normalized spacial score (nSPS) is 12.1. The number of benzene rings is 1. The lowest BCUT2D eigenvalue weighted by Crippen LogP contribution is -2.22. The van der Waals surface area contributed by atoms with Crippen molar-refractivity contribution in [2.75, 3.05) is 7.05 Å². The van der Waals surface area contributed by atoms with E-state index in [4.69, 9.17) is 10.7 Å². The average molecular weight is 317 g/mol. The number of halogens is 3. The molecule has 0 unspecified atom stereocenters. The molecule has 0 saturated carbocycles. The molecule has 0 fully saturated rings. The zero-order valence-corrected chi connectivity index (χ0v) is 10.9. The number of hydrogen-bond donors (Lipinski definition) is 0. The van der Waals surface area contributed by atoms with Crippen molar-refractivity contribution < 1.29 is 12.8 Å². The maximum Gasteiger partial charge on any atom is 0.299 e. The van der Waals surface area contributed by atoms with Crippen LogP contribution in [-0.2, 0) is 15.8 Å². The Hall–Kier alpha value is -0.170. The van der Waals surface area contributed by atoms with Crippen molar-refractivity contribution in [2.45, 2.75) is 6.54 Å². The molecule has 84 valence electrons. The lowest BCUT2D eigenvalue weighted by Gasteiger charge is -2.12. The Kier molecular flexibility index (Phi) is 4.11. The highest BCUT2D eigenvalue weighted by atomic mass is 79.9. The fraction of sp³-hybridized carbons (Fsp3) is 0.250. The molecule has 1 rings (SSSR count). The van der Waals surface area contributed by atoms with Crippen LogP contribution in [0.15, 0.2) is 22.7 Å².